The van der Waals surface area contributed by atoms with Crippen LogP contribution in [-0.2, 0) is 0 Å². The van der Waals surface area contributed by atoms with Crippen LogP contribution in [0.5, 0.6) is 0 Å². The molecule has 2 aliphatic heterocycles. The second-order valence-electron chi connectivity index (χ2n) is 2.07. The molecule has 2 aliphatic rings. The minimum absolute atomic E-state index is 0.782. The van der Waals surface area contributed by atoms with Gasteiger partial charge in [0.1, 0.15) is 12.2 Å². The zero-order valence-electron chi connectivity index (χ0n) is 5.44. The first kappa shape index (κ1) is 5.41. The van der Waals surface area contributed by atoms with E-state index >= 15 is 0 Å². The molecule has 0 bridgehead atoms. The molecule has 3 heteroatoms. The van der Waals surface area contributed by atoms with Crippen molar-refractivity contribution < 1.29 is 0 Å². The standard InChI is InChI=1S/C7H7N3/c1-3-9-7-2-4-8-6-10(7)5-1/h1-2,4-6H,3H2. The van der Waals surface area contributed by atoms with E-state index in [-0.39, 0.29) is 0 Å². The van der Waals surface area contributed by atoms with Crippen molar-refractivity contribution in [3.05, 3.63) is 24.6 Å². The van der Waals surface area contributed by atoms with Gasteiger partial charge in [0.25, 0.3) is 0 Å². The Morgan fingerprint density at radius 3 is 3.40 bits per heavy atom. The van der Waals surface area contributed by atoms with Crippen molar-refractivity contribution in [1.29, 1.82) is 0 Å². The molecule has 10 heavy (non-hydrogen) atoms. The third-order valence-electron chi connectivity index (χ3n) is 1.39. The van der Waals surface area contributed by atoms with E-state index < -0.39 is 0 Å². The van der Waals surface area contributed by atoms with Crippen LogP contribution in [0.2, 0.25) is 0 Å². The van der Waals surface area contributed by atoms with E-state index in [4.69, 9.17) is 0 Å². The number of hydrogen-bond donors (Lipinski definition) is 0. The lowest BCUT2D eigenvalue weighted by molar-refractivity contribution is 0.817. The molecule has 0 saturated heterocycles. The van der Waals surface area contributed by atoms with Gasteiger partial charge in [-0.2, -0.15) is 0 Å². The zero-order valence-corrected chi connectivity index (χ0v) is 5.44. The van der Waals surface area contributed by atoms with Gasteiger partial charge in [0.15, 0.2) is 0 Å². The molecule has 3 nitrogen and oxygen atoms in total. The number of nitrogens with zero attached hydrogens (tertiary/aromatic N) is 3. The van der Waals surface area contributed by atoms with Crippen LogP contribution in [0.1, 0.15) is 0 Å². The predicted octanol–water partition coefficient (Wildman–Crippen LogP) is 0.770. The minimum Gasteiger partial charge on any atom is -0.293 e. The highest BCUT2D eigenvalue weighted by molar-refractivity contribution is 6.02. The zero-order chi connectivity index (χ0) is 6.81. The Balaban J connectivity index is 2.33. The third-order valence-corrected chi connectivity index (χ3v) is 1.39. The van der Waals surface area contributed by atoms with Gasteiger partial charge in [-0.15, -0.1) is 0 Å². The Morgan fingerprint density at radius 1 is 1.50 bits per heavy atom. The van der Waals surface area contributed by atoms with E-state index in [1.54, 1.807) is 12.5 Å². The van der Waals surface area contributed by atoms with Crippen LogP contribution in [0.3, 0.4) is 0 Å². The highest BCUT2D eigenvalue weighted by Gasteiger charge is 2.06. The molecular formula is C7H7N3. The van der Waals surface area contributed by atoms with Crippen LogP contribution in [0.4, 0.5) is 0 Å². The average Bonchev–Trinajstić information content (AvgIpc) is 2.05. The Bertz CT molecular complexity index is 248. The summed E-state index contributed by atoms with van der Waals surface area (Å²) in [4.78, 5) is 10.1. The molecule has 0 radical (unpaired) electrons. The lowest BCUT2D eigenvalue weighted by atomic mass is 10.4. The number of aliphatic imine (C=N–C) groups is 2. The maximum atomic E-state index is 4.23. The lowest BCUT2D eigenvalue weighted by Gasteiger charge is -2.18. The summed E-state index contributed by atoms with van der Waals surface area (Å²) >= 11 is 0. The molecule has 0 amide bonds. The summed E-state index contributed by atoms with van der Waals surface area (Å²) in [6.07, 6.45) is 9.34. The molecule has 0 aromatic rings. The number of fused-ring (bicyclic) bond motifs is 1. The van der Waals surface area contributed by atoms with E-state index in [2.05, 4.69) is 9.98 Å². The molecule has 0 aromatic heterocycles. The van der Waals surface area contributed by atoms with Gasteiger partial charge in [-0.3, -0.25) is 9.89 Å². The second kappa shape index (κ2) is 2.10. The molecular weight excluding hydrogens is 126 g/mol. The fraction of sp³-hybridized carbons (Fsp3) is 0.143. The van der Waals surface area contributed by atoms with Crippen molar-refractivity contribution in [2.75, 3.05) is 6.54 Å². The molecule has 50 valence electrons. The second-order valence-corrected chi connectivity index (χ2v) is 2.07. The van der Waals surface area contributed by atoms with Crippen LogP contribution in [0, 0.1) is 0 Å². The van der Waals surface area contributed by atoms with Gasteiger partial charge in [0.05, 0.1) is 6.54 Å². The van der Waals surface area contributed by atoms with Crippen molar-refractivity contribution in [3.63, 3.8) is 0 Å². The van der Waals surface area contributed by atoms with Gasteiger partial charge in [0.2, 0.25) is 0 Å². The normalized spacial score (nSPS) is 20.8. The van der Waals surface area contributed by atoms with Crippen molar-refractivity contribution in [2.24, 2.45) is 9.98 Å². The SMILES string of the molecule is C1=CN2C=NC=CC2=NC1. The highest BCUT2D eigenvalue weighted by atomic mass is 15.2. The largest absolute Gasteiger partial charge is 0.293 e. The average molecular weight is 133 g/mol. The van der Waals surface area contributed by atoms with Gasteiger partial charge in [-0.1, -0.05) is 0 Å². The van der Waals surface area contributed by atoms with Gasteiger partial charge in [-0.05, 0) is 12.2 Å². The summed E-state index contributed by atoms with van der Waals surface area (Å²) in [6, 6.07) is 0. The Labute approximate surface area is 59.1 Å². The quantitative estimate of drug-likeness (QED) is 0.479. The number of rotatable bonds is 0. The van der Waals surface area contributed by atoms with Crippen LogP contribution >= 0.6 is 0 Å². The third kappa shape index (κ3) is 0.757. The van der Waals surface area contributed by atoms with E-state index in [0.717, 1.165) is 12.4 Å². The molecule has 0 atom stereocenters. The van der Waals surface area contributed by atoms with E-state index in [9.17, 15) is 0 Å². The van der Waals surface area contributed by atoms with Crippen molar-refractivity contribution in [2.45, 2.75) is 0 Å². The lowest BCUT2D eigenvalue weighted by Crippen LogP contribution is -2.26. The molecule has 0 aliphatic carbocycles. The van der Waals surface area contributed by atoms with Crippen molar-refractivity contribution >= 4 is 12.2 Å². The smallest absolute Gasteiger partial charge is 0.134 e. The van der Waals surface area contributed by atoms with Gasteiger partial charge < -0.3 is 0 Å². The van der Waals surface area contributed by atoms with Crippen LogP contribution in [0.25, 0.3) is 0 Å². The first-order valence-electron chi connectivity index (χ1n) is 3.16. The van der Waals surface area contributed by atoms with Gasteiger partial charge >= 0.3 is 0 Å². The summed E-state index contributed by atoms with van der Waals surface area (Å²) in [6.45, 7) is 0.782. The highest BCUT2D eigenvalue weighted by Crippen LogP contribution is 2.02. The van der Waals surface area contributed by atoms with E-state index in [1.165, 1.54) is 0 Å². The summed E-state index contributed by atoms with van der Waals surface area (Å²) in [5, 5.41) is 0. The minimum atomic E-state index is 0.782. The summed E-state index contributed by atoms with van der Waals surface area (Å²) < 4.78 is 0. The fourth-order valence-electron chi connectivity index (χ4n) is 0.921. The maximum absolute atomic E-state index is 4.23. The summed E-state index contributed by atoms with van der Waals surface area (Å²) in [5.74, 6) is 0.970. The fourth-order valence-corrected chi connectivity index (χ4v) is 0.921. The first-order valence-corrected chi connectivity index (χ1v) is 3.16. The van der Waals surface area contributed by atoms with Gasteiger partial charge in [0, 0.05) is 12.4 Å². The Hall–Kier alpha value is -1.38. The Kier molecular flexibility index (Phi) is 1.13. The maximum Gasteiger partial charge on any atom is 0.134 e. The van der Waals surface area contributed by atoms with E-state index in [0.29, 0.717) is 0 Å². The molecule has 0 aromatic carbocycles. The molecule has 0 N–H and O–H groups in total. The summed E-state index contributed by atoms with van der Waals surface area (Å²) in [5.41, 5.74) is 0. The van der Waals surface area contributed by atoms with Crippen molar-refractivity contribution in [3.8, 4) is 0 Å². The van der Waals surface area contributed by atoms with E-state index in [1.807, 2.05) is 23.3 Å². The molecule has 0 spiro atoms. The first-order chi connectivity index (χ1) is 4.97. The van der Waals surface area contributed by atoms with Crippen LogP contribution < -0.4 is 0 Å². The number of hydrogen-bond acceptors (Lipinski definition) is 3. The van der Waals surface area contributed by atoms with Gasteiger partial charge in [-0.25, -0.2) is 4.99 Å². The number of amidine groups is 1. The van der Waals surface area contributed by atoms with Crippen LogP contribution in [0.15, 0.2) is 34.5 Å². The van der Waals surface area contributed by atoms with Crippen molar-refractivity contribution in [1.82, 2.24) is 4.90 Å². The van der Waals surface area contributed by atoms with Crippen LogP contribution in [-0.4, -0.2) is 23.6 Å². The monoisotopic (exact) mass is 133 g/mol. The molecule has 0 fully saturated rings. The molecule has 2 rings (SSSR count). The Morgan fingerprint density at radius 2 is 2.50 bits per heavy atom. The molecule has 0 saturated carbocycles. The topological polar surface area (TPSA) is 28.0 Å². The summed E-state index contributed by atoms with van der Waals surface area (Å²) in [7, 11) is 0. The molecule has 2 heterocycles. The predicted molar refractivity (Wildman–Crippen MR) is 40.9 cm³/mol. The molecule has 0 unspecified atom stereocenters.